The fraction of sp³-hybridized carbons (Fsp3) is 0.600. The predicted molar refractivity (Wildman–Crippen MR) is 80.2 cm³/mol. The number of hydrogen-bond acceptors (Lipinski definition) is 2. The molecule has 0 radical (unpaired) electrons. The Labute approximate surface area is 118 Å². The van der Waals surface area contributed by atoms with Gasteiger partial charge in [-0.05, 0) is 50.3 Å². The molecule has 1 aliphatic carbocycles. The van der Waals surface area contributed by atoms with E-state index in [1.54, 1.807) is 0 Å². The molecule has 0 aromatic heterocycles. The fourth-order valence-corrected chi connectivity index (χ4v) is 3.37. The van der Waals surface area contributed by atoms with Crippen LogP contribution in [-0.4, -0.2) is 25.2 Å². The van der Waals surface area contributed by atoms with Crippen LogP contribution in [0.1, 0.15) is 25.3 Å². The van der Waals surface area contributed by atoms with Crippen molar-refractivity contribution in [1.82, 2.24) is 5.32 Å². The van der Waals surface area contributed by atoms with Crippen molar-refractivity contribution in [2.75, 3.05) is 24.5 Å². The molecule has 3 rings (SSSR count). The molecule has 0 spiro atoms. The third-order valence-electron chi connectivity index (χ3n) is 4.43. The van der Waals surface area contributed by atoms with Crippen molar-refractivity contribution in [3.8, 4) is 0 Å². The maximum absolute atomic E-state index is 3.73. The van der Waals surface area contributed by atoms with Crippen LogP contribution in [0.5, 0.6) is 0 Å². The lowest BCUT2D eigenvalue weighted by Crippen LogP contribution is -2.60. The van der Waals surface area contributed by atoms with Crippen LogP contribution < -0.4 is 10.2 Å². The summed E-state index contributed by atoms with van der Waals surface area (Å²) in [5, 5.41) is 3.73. The Morgan fingerprint density at radius 1 is 1.39 bits per heavy atom. The molecule has 2 nitrogen and oxygen atoms in total. The molecule has 1 unspecified atom stereocenters. The van der Waals surface area contributed by atoms with Crippen molar-refractivity contribution < 1.29 is 0 Å². The van der Waals surface area contributed by atoms with Gasteiger partial charge < -0.3 is 10.2 Å². The molecule has 1 N–H and O–H groups in total. The Balaban J connectivity index is 1.81. The molecule has 1 atom stereocenters. The first-order chi connectivity index (χ1) is 8.58. The predicted octanol–water partition coefficient (Wildman–Crippen LogP) is 3.34. The van der Waals surface area contributed by atoms with Gasteiger partial charge in [0.05, 0.1) is 0 Å². The van der Waals surface area contributed by atoms with Gasteiger partial charge in [-0.25, -0.2) is 0 Å². The van der Waals surface area contributed by atoms with Crippen LogP contribution in [0.15, 0.2) is 22.7 Å². The minimum absolute atomic E-state index is 0.315. The second kappa shape index (κ2) is 4.53. The summed E-state index contributed by atoms with van der Waals surface area (Å²) < 4.78 is 1.21. The van der Waals surface area contributed by atoms with E-state index in [0.29, 0.717) is 5.54 Å². The number of piperazine rings is 1. The lowest BCUT2D eigenvalue weighted by Gasteiger charge is -2.43. The molecular weight excluding hydrogens is 288 g/mol. The van der Waals surface area contributed by atoms with Crippen molar-refractivity contribution >= 4 is 21.6 Å². The molecule has 2 aliphatic rings. The van der Waals surface area contributed by atoms with Crippen LogP contribution in [0.2, 0.25) is 0 Å². The van der Waals surface area contributed by atoms with Gasteiger partial charge in [-0.2, -0.15) is 0 Å². The monoisotopic (exact) mass is 308 g/mol. The van der Waals surface area contributed by atoms with E-state index in [1.165, 1.54) is 28.6 Å². The first-order valence-electron chi connectivity index (χ1n) is 6.85. The van der Waals surface area contributed by atoms with Gasteiger partial charge in [0.2, 0.25) is 0 Å². The number of benzene rings is 1. The van der Waals surface area contributed by atoms with E-state index in [-0.39, 0.29) is 0 Å². The molecular formula is C15H21BrN2. The lowest BCUT2D eigenvalue weighted by molar-refractivity contribution is 0.285. The zero-order chi connectivity index (χ0) is 12.8. The summed E-state index contributed by atoms with van der Waals surface area (Å²) in [6, 6.07) is 6.71. The summed E-state index contributed by atoms with van der Waals surface area (Å²) in [5.74, 6) is 0.884. The van der Waals surface area contributed by atoms with Crippen LogP contribution in [0.4, 0.5) is 5.69 Å². The van der Waals surface area contributed by atoms with Gasteiger partial charge in [-0.15, -0.1) is 0 Å². The molecule has 1 saturated heterocycles. The zero-order valence-electron chi connectivity index (χ0n) is 11.2. The van der Waals surface area contributed by atoms with Gasteiger partial charge in [0.25, 0.3) is 0 Å². The molecule has 18 heavy (non-hydrogen) atoms. The topological polar surface area (TPSA) is 15.3 Å². The third-order valence-corrected chi connectivity index (χ3v) is 5.28. The highest BCUT2D eigenvalue weighted by atomic mass is 79.9. The Morgan fingerprint density at radius 3 is 2.83 bits per heavy atom. The first kappa shape index (κ1) is 12.5. The van der Waals surface area contributed by atoms with E-state index in [1.807, 2.05) is 0 Å². The summed E-state index contributed by atoms with van der Waals surface area (Å²) >= 11 is 3.64. The van der Waals surface area contributed by atoms with Crippen LogP contribution >= 0.6 is 15.9 Å². The highest BCUT2D eigenvalue weighted by Crippen LogP contribution is 2.41. The van der Waals surface area contributed by atoms with Crippen molar-refractivity contribution in [3.63, 3.8) is 0 Å². The van der Waals surface area contributed by atoms with Gasteiger partial charge in [-0.3, -0.25) is 0 Å². The molecule has 0 amide bonds. The molecule has 98 valence electrons. The van der Waals surface area contributed by atoms with E-state index in [2.05, 4.69) is 58.2 Å². The average Bonchev–Trinajstić information content (AvgIpc) is 3.17. The highest BCUT2D eigenvalue weighted by Gasteiger charge is 2.43. The minimum Gasteiger partial charge on any atom is -0.368 e. The molecule has 0 bridgehead atoms. The summed E-state index contributed by atoms with van der Waals surface area (Å²) in [7, 11) is 0. The number of rotatable bonds is 2. The zero-order valence-corrected chi connectivity index (χ0v) is 12.8. The van der Waals surface area contributed by atoms with Crippen LogP contribution in [0, 0.1) is 12.8 Å². The molecule has 1 aromatic carbocycles. The Hall–Kier alpha value is -0.540. The minimum atomic E-state index is 0.315. The largest absolute Gasteiger partial charge is 0.368 e. The number of aryl methyl sites for hydroxylation is 1. The summed E-state index contributed by atoms with van der Waals surface area (Å²) in [4.78, 5) is 2.53. The number of nitrogens with one attached hydrogen (secondary N) is 1. The number of halogens is 1. The molecule has 2 fully saturated rings. The van der Waals surface area contributed by atoms with Crippen LogP contribution in [-0.2, 0) is 0 Å². The van der Waals surface area contributed by atoms with E-state index in [4.69, 9.17) is 0 Å². The van der Waals surface area contributed by atoms with Crippen LogP contribution in [0.3, 0.4) is 0 Å². The van der Waals surface area contributed by atoms with Gasteiger partial charge in [0.15, 0.2) is 0 Å². The lowest BCUT2D eigenvalue weighted by atomic mass is 9.92. The van der Waals surface area contributed by atoms with Crippen LogP contribution in [0.25, 0.3) is 0 Å². The van der Waals surface area contributed by atoms with Gasteiger partial charge in [0.1, 0.15) is 0 Å². The smallest absolute Gasteiger partial charge is 0.0378 e. The second-order valence-electron chi connectivity index (χ2n) is 5.97. The van der Waals surface area contributed by atoms with E-state index in [0.717, 1.165) is 25.6 Å². The summed E-state index contributed by atoms with van der Waals surface area (Å²) in [6.45, 7) is 7.86. The quantitative estimate of drug-likeness (QED) is 0.901. The molecule has 1 heterocycles. The SMILES string of the molecule is Cc1ccc(N2CCNC(C)(C3CC3)C2)cc1Br. The summed E-state index contributed by atoms with van der Waals surface area (Å²) in [5.41, 5.74) is 2.97. The number of anilines is 1. The molecule has 1 aromatic rings. The maximum Gasteiger partial charge on any atom is 0.0378 e. The molecule has 1 saturated carbocycles. The average molecular weight is 309 g/mol. The van der Waals surface area contributed by atoms with Crippen molar-refractivity contribution in [1.29, 1.82) is 0 Å². The molecule has 1 aliphatic heterocycles. The Kier molecular flexibility index (Phi) is 3.15. The summed E-state index contributed by atoms with van der Waals surface area (Å²) in [6.07, 6.45) is 2.80. The highest BCUT2D eigenvalue weighted by molar-refractivity contribution is 9.10. The van der Waals surface area contributed by atoms with E-state index in [9.17, 15) is 0 Å². The third kappa shape index (κ3) is 2.30. The fourth-order valence-electron chi connectivity index (χ4n) is 3.00. The Morgan fingerprint density at radius 2 is 2.17 bits per heavy atom. The standard InChI is InChI=1S/C15H21BrN2/c1-11-3-6-13(9-14(11)16)18-8-7-17-15(2,10-18)12-4-5-12/h3,6,9,12,17H,4-5,7-8,10H2,1-2H3. The normalized spacial score (nSPS) is 28.5. The van der Waals surface area contributed by atoms with Gasteiger partial charge in [0, 0.05) is 35.3 Å². The number of hydrogen-bond donors (Lipinski definition) is 1. The molecule has 3 heteroatoms. The maximum atomic E-state index is 3.73. The van der Waals surface area contributed by atoms with E-state index >= 15 is 0 Å². The second-order valence-corrected chi connectivity index (χ2v) is 6.83. The Bertz CT molecular complexity index is 456. The number of nitrogens with zero attached hydrogens (tertiary/aromatic N) is 1. The van der Waals surface area contributed by atoms with Crippen molar-refractivity contribution in [3.05, 3.63) is 28.2 Å². The van der Waals surface area contributed by atoms with Gasteiger partial charge >= 0.3 is 0 Å². The van der Waals surface area contributed by atoms with Crippen molar-refractivity contribution in [2.24, 2.45) is 5.92 Å². The van der Waals surface area contributed by atoms with E-state index < -0.39 is 0 Å². The first-order valence-corrected chi connectivity index (χ1v) is 7.64. The van der Waals surface area contributed by atoms with Gasteiger partial charge in [-0.1, -0.05) is 22.0 Å². The van der Waals surface area contributed by atoms with Crippen molar-refractivity contribution in [2.45, 2.75) is 32.2 Å².